The quantitative estimate of drug-likeness (QED) is 0.860. The Balaban J connectivity index is 2.17. The number of likely N-dealkylation sites (N-methyl/N-ethyl adjacent to an activating group) is 1. The Hall–Kier alpha value is -1.10. The number of rotatable bonds is 6. The van der Waals surface area contributed by atoms with Gasteiger partial charge in [0.2, 0.25) is 0 Å². The van der Waals surface area contributed by atoms with Gasteiger partial charge in [-0.15, -0.1) is 0 Å². The first-order chi connectivity index (χ1) is 9.65. The molecule has 0 bridgehead atoms. The fraction of sp³-hybridized carbons (Fsp3) is 0.625. The van der Waals surface area contributed by atoms with E-state index in [1.807, 2.05) is 12.1 Å². The maximum atomic E-state index is 6.07. The molecule has 0 radical (unpaired) electrons. The topological polar surface area (TPSA) is 41.7 Å². The molecule has 1 aromatic rings. The standard InChI is InChI=1S/C16H27N3O/c1-18(2)12-14-7-5-9-19(14)16(11-17)13-6-4-8-15(10-13)20-3/h4,6,8,10,14,16H,5,7,9,11-12,17H2,1-3H3. The van der Waals surface area contributed by atoms with Crippen molar-refractivity contribution in [3.63, 3.8) is 0 Å². The summed E-state index contributed by atoms with van der Waals surface area (Å²) in [6, 6.07) is 9.20. The van der Waals surface area contributed by atoms with Crippen LogP contribution in [0.4, 0.5) is 0 Å². The molecule has 2 unspecified atom stereocenters. The summed E-state index contributed by atoms with van der Waals surface area (Å²) in [5, 5.41) is 0. The number of ether oxygens (including phenoxy) is 1. The van der Waals surface area contributed by atoms with Crippen molar-refractivity contribution >= 4 is 0 Å². The van der Waals surface area contributed by atoms with E-state index in [2.05, 4.69) is 36.0 Å². The Morgan fingerprint density at radius 3 is 2.90 bits per heavy atom. The molecule has 2 atom stereocenters. The molecule has 1 aromatic carbocycles. The first kappa shape index (κ1) is 15.3. The second-order valence-corrected chi connectivity index (χ2v) is 5.82. The number of hydrogen-bond acceptors (Lipinski definition) is 4. The van der Waals surface area contributed by atoms with E-state index in [4.69, 9.17) is 10.5 Å². The highest BCUT2D eigenvalue weighted by Gasteiger charge is 2.31. The molecule has 20 heavy (non-hydrogen) atoms. The lowest BCUT2D eigenvalue weighted by Gasteiger charge is -2.34. The normalized spacial score (nSPS) is 21.4. The summed E-state index contributed by atoms with van der Waals surface area (Å²) in [5.41, 5.74) is 7.33. The number of nitrogens with two attached hydrogens (primary N) is 1. The Bertz CT molecular complexity index is 422. The third kappa shape index (κ3) is 3.51. The van der Waals surface area contributed by atoms with Crippen LogP contribution in [0.1, 0.15) is 24.4 Å². The number of likely N-dealkylation sites (tertiary alicyclic amines) is 1. The maximum Gasteiger partial charge on any atom is 0.119 e. The molecule has 0 amide bonds. The van der Waals surface area contributed by atoms with Crippen molar-refractivity contribution in [1.82, 2.24) is 9.80 Å². The molecule has 4 nitrogen and oxygen atoms in total. The van der Waals surface area contributed by atoms with E-state index in [0.29, 0.717) is 12.6 Å². The number of benzene rings is 1. The summed E-state index contributed by atoms with van der Waals surface area (Å²) in [6.45, 7) is 2.88. The van der Waals surface area contributed by atoms with Gasteiger partial charge in [0, 0.05) is 25.2 Å². The van der Waals surface area contributed by atoms with E-state index in [9.17, 15) is 0 Å². The largest absolute Gasteiger partial charge is 0.497 e. The minimum atomic E-state index is 0.289. The van der Waals surface area contributed by atoms with E-state index < -0.39 is 0 Å². The number of methoxy groups -OCH3 is 1. The molecule has 1 aliphatic rings. The lowest BCUT2D eigenvalue weighted by Crippen LogP contribution is -2.42. The molecule has 0 saturated carbocycles. The van der Waals surface area contributed by atoms with Gasteiger partial charge in [-0.3, -0.25) is 4.90 Å². The zero-order valence-electron chi connectivity index (χ0n) is 12.9. The van der Waals surface area contributed by atoms with Crippen molar-refractivity contribution in [3.05, 3.63) is 29.8 Å². The van der Waals surface area contributed by atoms with Crippen LogP contribution in [-0.2, 0) is 0 Å². The van der Waals surface area contributed by atoms with Gasteiger partial charge in [0.05, 0.1) is 7.11 Å². The van der Waals surface area contributed by atoms with Crippen molar-refractivity contribution in [2.45, 2.75) is 24.9 Å². The second-order valence-electron chi connectivity index (χ2n) is 5.82. The number of hydrogen-bond donors (Lipinski definition) is 1. The van der Waals surface area contributed by atoms with Crippen LogP contribution in [0.15, 0.2) is 24.3 Å². The van der Waals surface area contributed by atoms with E-state index in [1.165, 1.54) is 18.4 Å². The van der Waals surface area contributed by atoms with E-state index in [-0.39, 0.29) is 6.04 Å². The minimum Gasteiger partial charge on any atom is -0.497 e. The minimum absolute atomic E-state index is 0.289. The first-order valence-corrected chi connectivity index (χ1v) is 7.40. The highest BCUT2D eigenvalue weighted by atomic mass is 16.5. The molecule has 1 heterocycles. The lowest BCUT2D eigenvalue weighted by molar-refractivity contribution is 0.155. The summed E-state index contributed by atoms with van der Waals surface area (Å²) in [7, 11) is 5.99. The van der Waals surface area contributed by atoms with Gasteiger partial charge in [0.1, 0.15) is 5.75 Å². The fourth-order valence-corrected chi connectivity index (χ4v) is 3.20. The van der Waals surface area contributed by atoms with E-state index >= 15 is 0 Å². The van der Waals surface area contributed by atoms with Crippen LogP contribution in [0, 0.1) is 0 Å². The molecule has 1 saturated heterocycles. The van der Waals surface area contributed by atoms with Crippen LogP contribution in [0.3, 0.4) is 0 Å². The Morgan fingerprint density at radius 1 is 1.45 bits per heavy atom. The Kier molecular flexibility index (Phi) is 5.40. The van der Waals surface area contributed by atoms with E-state index in [0.717, 1.165) is 18.8 Å². The van der Waals surface area contributed by atoms with Crippen LogP contribution in [0.25, 0.3) is 0 Å². The zero-order chi connectivity index (χ0) is 14.5. The molecule has 2 rings (SSSR count). The molecular weight excluding hydrogens is 250 g/mol. The predicted molar refractivity (Wildman–Crippen MR) is 83.1 cm³/mol. The summed E-state index contributed by atoms with van der Waals surface area (Å²) in [4.78, 5) is 4.83. The van der Waals surface area contributed by atoms with Gasteiger partial charge >= 0.3 is 0 Å². The van der Waals surface area contributed by atoms with Crippen molar-refractivity contribution in [2.75, 3.05) is 40.8 Å². The molecule has 4 heteroatoms. The first-order valence-electron chi connectivity index (χ1n) is 7.40. The van der Waals surface area contributed by atoms with Gasteiger partial charge in [-0.2, -0.15) is 0 Å². The average Bonchev–Trinajstić information content (AvgIpc) is 2.87. The molecule has 0 aliphatic carbocycles. The third-order valence-electron chi connectivity index (χ3n) is 4.10. The smallest absolute Gasteiger partial charge is 0.119 e. The van der Waals surface area contributed by atoms with Gasteiger partial charge in [-0.25, -0.2) is 0 Å². The Labute approximate surface area is 122 Å². The van der Waals surface area contributed by atoms with E-state index in [1.54, 1.807) is 7.11 Å². The summed E-state index contributed by atoms with van der Waals surface area (Å²) in [6.07, 6.45) is 2.53. The highest BCUT2D eigenvalue weighted by molar-refractivity contribution is 5.31. The fourth-order valence-electron chi connectivity index (χ4n) is 3.20. The van der Waals surface area contributed by atoms with Crippen LogP contribution < -0.4 is 10.5 Å². The molecule has 112 valence electrons. The van der Waals surface area contributed by atoms with Crippen LogP contribution >= 0.6 is 0 Å². The van der Waals surface area contributed by atoms with Gasteiger partial charge in [-0.05, 0) is 51.2 Å². The molecule has 1 aliphatic heterocycles. The van der Waals surface area contributed by atoms with Crippen molar-refractivity contribution in [2.24, 2.45) is 5.73 Å². The van der Waals surface area contributed by atoms with Crippen LogP contribution in [0.5, 0.6) is 5.75 Å². The van der Waals surface area contributed by atoms with Crippen LogP contribution in [0.2, 0.25) is 0 Å². The second kappa shape index (κ2) is 7.07. The van der Waals surface area contributed by atoms with Gasteiger partial charge in [0.25, 0.3) is 0 Å². The van der Waals surface area contributed by atoms with Crippen molar-refractivity contribution in [1.29, 1.82) is 0 Å². The SMILES string of the molecule is COc1cccc(C(CN)N2CCCC2CN(C)C)c1. The third-order valence-corrected chi connectivity index (χ3v) is 4.10. The molecular formula is C16H27N3O. The monoisotopic (exact) mass is 277 g/mol. The molecule has 0 spiro atoms. The highest BCUT2D eigenvalue weighted by Crippen LogP contribution is 2.30. The van der Waals surface area contributed by atoms with Gasteiger partial charge in [-0.1, -0.05) is 12.1 Å². The predicted octanol–water partition coefficient (Wildman–Crippen LogP) is 1.72. The van der Waals surface area contributed by atoms with Crippen molar-refractivity contribution in [3.8, 4) is 5.75 Å². The molecule has 0 aromatic heterocycles. The van der Waals surface area contributed by atoms with Gasteiger partial charge in [0.15, 0.2) is 0 Å². The molecule has 1 fully saturated rings. The summed E-state index contributed by atoms with van der Waals surface area (Å²) in [5.74, 6) is 0.907. The molecule has 2 N–H and O–H groups in total. The lowest BCUT2D eigenvalue weighted by atomic mass is 10.0. The Morgan fingerprint density at radius 2 is 2.25 bits per heavy atom. The average molecular weight is 277 g/mol. The number of nitrogens with zero attached hydrogens (tertiary/aromatic N) is 2. The van der Waals surface area contributed by atoms with Gasteiger partial charge < -0.3 is 15.4 Å². The maximum absolute atomic E-state index is 6.07. The van der Waals surface area contributed by atoms with Crippen LogP contribution in [-0.4, -0.2) is 56.7 Å². The summed E-state index contributed by atoms with van der Waals surface area (Å²) >= 11 is 0. The summed E-state index contributed by atoms with van der Waals surface area (Å²) < 4.78 is 5.34. The zero-order valence-corrected chi connectivity index (χ0v) is 12.9. The van der Waals surface area contributed by atoms with Crippen molar-refractivity contribution < 1.29 is 4.74 Å².